The van der Waals surface area contributed by atoms with Crippen molar-refractivity contribution in [1.82, 2.24) is 10.3 Å². The minimum absolute atomic E-state index is 0.325. The van der Waals surface area contributed by atoms with Crippen LogP contribution in [0.15, 0.2) is 24.4 Å². The van der Waals surface area contributed by atoms with Crippen molar-refractivity contribution in [1.29, 1.82) is 0 Å². The lowest BCUT2D eigenvalue weighted by Gasteiger charge is -2.01. The number of nitrogens with one attached hydrogen (secondary N) is 2. The Balaban J connectivity index is 2.16. The highest BCUT2D eigenvalue weighted by Crippen LogP contribution is 2.27. The Morgan fingerprint density at radius 3 is 3.12 bits per heavy atom. The molecule has 3 heteroatoms. The minimum atomic E-state index is 0.325. The summed E-state index contributed by atoms with van der Waals surface area (Å²) in [6.07, 6.45) is 7.92. The van der Waals surface area contributed by atoms with Gasteiger partial charge in [0.05, 0.1) is 6.54 Å². The Kier molecular flexibility index (Phi) is 3.13. The van der Waals surface area contributed by atoms with Gasteiger partial charge in [-0.2, -0.15) is 0 Å². The third-order valence-corrected chi connectivity index (χ3v) is 2.56. The number of hydrogen-bond donors (Lipinski definition) is 3. The number of hydrogen-bond acceptors (Lipinski definition) is 2. The SMILES string of the molecule is C#CCNCCc1c[nH]c2cccc(O)c12. The van der Waals surface area contributed by atoms with Gasteiger partial charge >= 0.3 is 0 Å². The van der Waals surface area contributed by atoms with E-state index in [1.807, 2.05) is 18.3 Å². The summed E-state index contributed by atoms with van der Waals surface area (Å²) in [5.74, 6) is 2.85. The van der Waals surface area contributed by atoms with Crippen LogP contribution in [0.25, 0.3) is 10.9 Å². The molecule has 0 saturated carbocycles. The number of rotatable bonds is 4. The second-order valence-electron chi connectivity index (χ2n) is 3.64. The van der Waals surface area contributed by atoms with Crippen molar-refractivity contribution in [2.75, 3.05) is 13.1 Å². The van der Waals surface area contributed by atoms with E-state index in [0.29, 0.717) is 12.3 Å². The maximum atomic E-state index is 9.77. The molecular formula is C13H14N2O. The summed E-state index contributed by atoms with van der Waals surface area (Å²) in [7, 11) is 0. The highest BCUT2D eigenvalue weighted by atomic mass is 16.3. The van der Waals surface area contributed by atoms with Crippen molar-refractivity contribution in [3.63, 3.8) is 0 Å². The zero-order valence-corrected chi connectivity index (χ0v) is 8.96. The molecule has 0 fully saturated rings. The lowest BCUT2D eigenvalue weighted by molar-refractivity contribution is 0.481. The predicted molar refractivity (Wildman–Crippen MR) is 65.4 cm³/mol. The number of H-pyrrole nitrogens is 1. The number of phenolic OH excluding ortho intramolecular Hbond substituents is 1. The van der Waals surface area contributed by atoms with Crippen LogP contribution < -0.4 is 5.32 Å². The quantitative estimate of drug-likeness (QED) is 0.535. The van der Waals surface area contributed by atoms with Crippen LogP contribution >= 0.6 is 0 Å². The molecule has 0 atom stereocenters. The molecule has 1 aromatic carbocycles. The largest absolute Gasteiger partial charge is 0.507 e. The molecule has 0 spiro atoms. The summed E-state index contributed by atoms with van der Waals surface area (Å²) in [5.41, 5.74) is 2.07. The van der Waals surface area contributed by atoms with Crippen LogP contribution in [0.1, 0.15) is 5.56 Å². The Bertz CT molecular complexity index is 522. The fourth-order valence-electron chi connectivity index (χ4n) is 1.82. The van der Waals surface area contributed by atoms with Gasteiger partial charge in [0, 0.05) is 23.6 Å². The Labute approximate surface area is 94.5 Å². The molecule has 3 nitrogen and oxygen atoms in total. The zero-order valence-electron chi connectivity index (χ0n) is 8.96. The smallest absolute Gasteiger partial charge is 0.125 e. The molecule has 3 N–H and O–H groups in total. The van der Waals surface area contributed by atoms with Gasteiger partial charge in [-0.25, -0.2) is 0 Å². The molecule has 0 saturated heterocycles. The maximum Gasteiger partial charge on any atom is 0.125 e. The van der Waals surface area contributed by atoms with Crippen molar-refractivity contribution >= 4 is 10.9 Å². The third-order valence-electron chi connectivity index (χ3n) is 2.56. The van der Waals surface area contributed by atoms with Gasteiger partial charge in [-0.05, 0) is 24.1 Å². The molecule has 0 radical (unpaired) electrons. The van der Waals surface area contributed by atoms with Gasteiger partial charge in [0.1, 0.15) is 5.75 Å². The van der Waals surface area contributed by atoms with E-state index in [2.05, 4.69) is 16.2 Å². The van der Waals surface area contributed by atoms with Crippen LogP contribution in [0, 0.1) is 12.3 Å². The fraction of sp³-hybridized carbons (Fsp3) is 0.231. The third kappa shape index (κ3) is 2.02. The molecular weight excluding hydrogens is 200 g/mol. The van der Waals surface area contributed by atoms with Crippen LogP contribution in [-0.4, -0.2) is 23.2 Å². The van der Waals surface area contributed by atoms with E-state index < -0.39 is 0 Å². The molecule has 2 rings (SSSR count). The van der Waals surface area contributed by atoms with E-state index in [1.54, 1.807) is 6.07 Å². The van der Waals surface area contributed by atoms with Crippen molar-refractivity contribution in [2.45, 2.75) is 6.42 Å². The van der Waals surface area contributed by atoms with E-state index in [4.69, 9.17) is 6.42 Å². The maximum absolute atomic E-state index is 9.77. The molecule has 0 aliphatic rings. The Hall–Kier alpha value is -1.92. The van der Waals surface area contributed by atoms with E-state index in [1.165, 1.54) is 0 Å². The van der Waals surface area contributed by atoms with Gasteiger partial charge in [0.25, 0.3) is 0 Å². The van der Waals surface area contributed by atoms with E-state index in [-0.39, 0.29) is 0 Å². The normalized spacial score (nSPS) is 10.4. The topological polar surface area (TPSA) is 48.0 Å². The van der Waals surface area contributed by atoms with Crippen LogP contribution in [0.3, 0.4) is 0 Å². The minimum Gasteiger partial charge on any atom is -0.507 e. The standard InChI is InChI=1S/C13H14N2O/c1-2-7-14-8-6-10-9-15-11-4-3-5-12(16)13(10)11/h1,3-5,9,14-16H,6-8H2. The van der Waals surface area contributed by atoms with E-state index in [9.17, 15) is 5.11 Å². The van der Waals surface area contributed by atoms with Crippen molar-refractivity contribution in [3.05, 3.63) is 30.0 Å². The number of fused-ring (bicyclic) bond motifs is 1. The van der Waals surface area contributed by atoms with Gasteiger partial charge < -0.3 is 15.4 Å². The summed E-state index contributed by atoms with van der Waals surface area (Å²) in [4.78, 5) is 3.14. The van der Waals surface area contributed by atoms with Crippen molar-refractivity contribution in [3.8, 4) is 18.1 Å². The first-order chi connectivity index (χ1) is 7.83. The van der Waals surface area contributed by atoms with Crippen LogP contribution in [0.2, 0.25) is 0 Å². The van der Waals surface area contributed by atoms with Gasteiger partial charge in [-0.1, -0.05) is 12.0 Å². The molecule has 0 aliphatic heterocycles. The second kappa shape index (κ2) is 4.73. The molecule has 82 valence electrons. The second-order valence-corrected chi connectivity index (χ2v) is 3.64. The lowest BCUT2D eigenvalue weighted by atomic mass is 10.1. The van der Waals surface area contributed by atoms with E-state index >= 15 is 0 Å². The number of aromatic nitrogens is 1. The van der Waals surface area contributed by atoms with Gasteiger partial charge in [0.2, 0.25) is 0 Å². The number of terminal acetylenes is 1. The molecule has 0 unspecified atom stereocenters. The molecule has 0 aliphatic carbocycles. The first-order valence-electron chi connectivity index (χ1n) is 5.25. The van der Waals surface area contributed by atoms with Gasteiger partial charge in [-0.3, -0.25) is 0 Å². The van der Waals surface area contributed by atoms with Gasteiger partial charge in [-0.15, -0.1) is 6.42 Å². The Morgan fingerprint density at radius 1 is 1.44 bits per heavy atom. The average Bonchev–Trinajstić information content (AvgIpc) is 2.69. The number of aromatic amines is 1. The first-order valence-corrected chi connectivity index (χ1v) is 5.25. The summed E-state index contributed by atoms with van der Waals surface area (Å²) in [6, 6.07) is 5.48. The highest BCUT2D eigenvalue weighted by molar-refractivity contribution is 5.88. The predicted octanol–water partition coefficient (Wildman–Crippen LogP) is 1.64. The van der Waals surface area contributed by atoms with Crippen LogP contribution in [-0.2, 0) is 6.42 Å². The molecule has 16 heavy (non-hydrogen) atoms. The van der Waals surface area contributed by atoms with Crippen LogP contribution in [0.4, 0.5) is 0 Å². The molecule has 0 bridgehead atoms. The van der Waals surface area contributed by atoms with Gasteiger partial charge in [0.15, 0.2) is 0 Å². The van der Waals surface area contributed by atoms with Crippen molar-refractivity contribution in [2.24, 2.45) is 0 Å². The zero-order chi connectivity index (χ0) is 11.4. The summed E-state index contributed by atoms with van der Waals surface area (Å²) >= 11 is 0. The molecule has 1 heterocycles. The molecule has 1 aromatic heterocycles. The molecule has 0 amide bonds. The first kappa shape index (κ1) is 10.6. The Morgan fingerprint density at radius 2 is 2.31 bits per heavy atom. The number of aromatic hydroxyl groups is 1. The number of benzene rings is 1. The summed E-state index contributed by atoms with van der Waals surface area (Å²) in [6.45, 7) is 1.39. The monoisotopic (exact) mass is 214 g/mol. The molecule has 2 aromatic rings. The fourth-order valence-corrected chi connectivity index (χ4v) is 1.82. The van der Waals surface area contributed by atoms with Crippen LogP contribution in [0.5, 0.6) is 5.75 Å². The summed E-state index contributed by atoms with van der Waals surface area (Å²) < 4.78 is 0. The highest BCUT2D eigenvalue weighted by Gasteiger charge is 2.06. The van der Waals surface area contributed by atoms with E-state index in [0.717, 1.165) is 29.4 Å². The summed E-state index contributed by atoms with van der Waals surface area (Å²) in [5, 5.41) is 13.8. The average molecular weight is 214 g/mol. The lowest BCUT2D eigenvalue weighted by Crippen LogP contribution is -2.16. The number of phenols is 1. The van der Waals surface area contributed by atoms with Crippen molar-refractivity contribution < 1.29 is 5.11 Å².